The maximum atomic E-state index is 5.73. The molecule has 2 heterocycles. The minimum atomic E-state index is 0.473. The Morgan fingerprint density at radius 1 is 1.35 bits per heavy atom. The second-order valence-corrected chi connectivity index (χ2v) is 5.57. The van der Waals surface area contributed by atoms with E-state index in [1.807, 2.05) is 0 Å². The van der Waals surface area contributed by atoms with Crippen LogP contribution in [0.2, 0.25) is 0 Å². The lowest BCUT2D eigenvalue weighted by Crippen LogP contribution is -2.28. The lowest BCUT2D eigenvalue weighted by atomic mass is 10.2. The van der Waals surface area contributed by atoms with Crippen molar-refractivity contribution in [3.63, 3.8) is 0 Å². The van der Waals surface area contributed by atoms with Crippen molar-refractivity contribution in [3.8, 4) is 0 Å². The van der Waals surface area contributed by atoms with Crippen molar-refractivity contribution >= 4 is 27.6 Å². The number of aromatic nitrogens is 2. The Kier molecular flexibility index (Phi) is 2.92. The summed E-state index contributed by atoms with van der Waals surface area (Å²) in [5, 5.41) is 3.44. The highest BCUT2D eigenvalue weighted by molar-refractivity contribution is 9.10. The molecule has 17 heavy (non-hydrogen) atoms. The fourth-order valence-electron chi connectivity index (χ4n) is 2.35. The lowest BCUT2D eigenvalue weighted by Gasteiger charge is -2.16. The van der Waals surface area contributed by atoms with Gasteiger partial charge in [-0.25, -0.2) is 9.97 Å². The number of nitrogen functional groups attached to an aromatic ring is 1. The molecule has 5 nitrogen and oxygen atoms in total. The highest BCUT2D eigenvalue weighted by atomic mass is 79.9. The molecule has 92 valence electrons. The van der Waals surface area contributed by atoms with Crippen molar-refractivity contribution in [2.45, 2.75) is 31.3 Å². The lowest BCUT2D eigenvalue weighted by molar-refractivity contribution is 0.326. The van der Waals surface area contributed by atoms with Crippen LogP contribution in [0, 0.1) is 0 Å². The molecule has 1 aliphatic carbocycles. The van der Waals surface area contributed by atoms with E-state index in [4.69, 9.17) is 5.73 Å². The van der Waals surface area contributed by atoms with Gasteiger partial charge in [-0.05, 0) is 35.2 Å². The van der Waals surface area contributed by atoms with E-state index in [0.717, 1.165) is 22.9 Å². The molecule has 3 rings (SSSR count). The molecule has 1 aliphatic heterocycles. The van der Waals surface area contributed by atoms with E-state index in [9.17, 15) is 0 Å². The van der Waals surface area contributed by atoms with Crippen LogP contribution in [0.4, 0.5) is 11.6 Å². The van der Waals surface area contributed by atoms with Gasteiger partial charge in [0.25, 0.3) is 0 Å². The van der Waals surface area contributed by atoms with Gasteiger partial charge >= 0.3 is 0 Å². The maximum absolute atomic E-state index is 5.73. The zero-order valence-corrected chi connectivity index (χ0v) is 11.2. The number of hydrogen-bond acceptors (Lipinski definition) is 5. The normalized spacial score (nSPS) is 25.1. The first-order chi connectivity index (χ1) is 8.24. The first kappa shape index (κ1) is 11.2. The molecule has 1 aromatic heterocycles. The molecule has 1 unspecified atom stereocenters. The fourth-order valence-corrected chi connectivity index (χ4v) is 2.67. The van der Waals surface area contributed by atoms with Crippen molar-refractivity contribution in [1.29, 1.82) is 0 Å². The molecule has 6 heteroatoms. The number of halogens is 1. The number of likely N-dealkylation sites (tertiary alicyclic amines) is 1. The van der Waals surface area contributed by atoms with E-state index in [1.165, 1.54) is 32.1 Å². The van der Waals surface area contributed by atoms with Gasteiger partial charge in [0, 0.05) is 25.2 Å². The topological polar surface area (TPSA) is 67.1 Å². The average molecular weight is 298 g/mol. The molecule has 0 radical (unpaired) electrons. The van der Waals surface area contributed by atoms with E-state index >= 15 is 0 Å². The Labute approximate surface area is 109 Å². The van der Waals surface area contributed by atoms with Gasteiger partial charge in [0.15, 0.2) is 0 Å². The van der Waals surface area contributed by atoms with Gasteiger partial charge in [-0.3, -0.25) is 4.90 Å². The number of anilines is 2. The SMILES string of the molecule is Nc1ncnc(NC2CCN(C3CC3)C2)c1Br. The minimum Gasteiger partial charge on any atom is -0.383 e. The molecule has 2 fully saturated rings. The molecule has 2 aliphatic rings. The number of nitrogens with two attached hydrogens (primary N) is 1. The van der Waals surface area contributed by atoms with Crippen molar-refractivity contribution in [2.75, 3.05) is 24.1 Å². The van der Waals surface area contributed by atoms with Gasteiger partial charge in [0.2, 0.25) is 0 Å². The van der Waals surface area contributed by atoms with E-state index in [0.29, 0.717) is 11.9 Å². The number of rotatable bonds is 3. The summed E-state index contributed by atoms with van der Waals surface area (Å²) in [6, 6.07) is 1.32. The van der Waals surface area contributed by atoms with Crippen molar-refractivity contribution < 1.29 is 0 Å². The first-order valence-corrected chi connectivity index (χ1v) is 6.80. The van der Waals surface area contributed by atoms with Crippen LogP contribution in [0.5, 0.6) is 0 Å². The molecule has 0 spiro atoms. The molecule has 3 N–H and O–H groups in total. The Hall–Kier alpha value is -0.880. The Bertz CT molecular complexity index is 420. The summed E-state index contributed by atoms with van der Waals surface area (Å²) in [7, 11) is 0. The number of hydrogen-bond donors (Lipinski definition) is 2. The standard InChI is InChI=1S/C11H16BrN5/c12-9-10(13)14-6-15-11(9)16-7-3-4-17(5-7)8-1-2-8/h6-8H,1-5H2,(H3,13,14,15,16). The second kappa shape index (κ2) is 4.42. The van der Waals surface area contributed by atoms with Crippen LogP contribution in [0.3, 0.4) is 0 Å². The summed E-state index contributed by atoms with van der Waals surface area (Å²) >= 11 is 3.42. The molecule has 0 bridgehead atoms. The second-order valence-electron chi connectivity index (χ2n) is 4.78. The molecule has 0 aromatic carbocycles. The average Bonchev–Trinajstić information content (AvgIpc) is 3.06. The molecular formula is C11H16BrN5. The van der Waals surface area contributed by atoms with Gasteiger partial charge < -0.3 is 11.1 Å². The smallest absolute Gasteiger partial charge is 0.146 e. The Morgan fingerprint density at radius 3 is 2.94 bits per heavy atom. The molecule has 0 amide bonds. The zero-order valence-electron chi connectivity index (χ0n) is 9.56. The Balaban J connectivity index is 1.65. The van der Waals surface area contributed by atoms with Crippen LogP contribution < -0.4 is 11.1 Å². The van der Waals surface area contributed by atoms with Crippen LogP contribution in [0.1, 0.15) is 19.3 Å². The molecule has 1 aromatic rings. The largest absolute Gasteiger partial charge is 0.383 e. The van der Waals surface area contributed by atoms with Crippen LogP contribution in [0.15, 0.2) is 10.8 Å². The van der Waals surface area contributed by atoms with Crippen LogP contribution in [0.25, 0.3) is 0 Å². The molecular weight excluding hydrogens is 282 g/mol. The Morgan fingerprint density at radius 2 is 2.18 bits per heavy atom. The molecule has 1 saturated carbocycles. The van der Waals surface area contributed by atoms with Crippen LogP contribution in [-0.2, 0) is 0 Å². The predicted octanol–water partition coefficient (Wildman–Crippen LogP) is 1.47. The highest BCUT2D eigenvalue weighted by Crippen LogP contribution is 2.31. The first-order valence-electron chi connectivity index (χ1n) is 6.00. The number of nitrogens with one attached hydrogen (secondary N) is 1. The minimum absolute atomic E-state index is 0.473. The zero-order chi connectivity index (χ0) is 11.8. The van der Waals surface area contributed by atoms with E-state index in [2.05, 4.69) is 36.1 Å². The van der Waals surface area contributed by atoms with Crippen molar-refractivity contribution in [2.24, 2.45) is 0 Å². The quantitative estimate of drug-likeness (QED) is 0.884. The highest BCUT2D eigenvalue weighted by Gasteiger charge is 2.34. The van der Waals surface area contributed by atoms with Gasteiger partial charge in [-0.1, -0.05) is 0 Å². The fraction of sp³-hybridized carbons (Fsp3) is 0.636. The predicted molar refractivity (Wildman–Crippen MR) is 70.8 cm³/mol. The van der Waals surface area contributed by atoms with Crippen LogP contribution >= 0.6 is 15.9 Å². The third-order valence-electron chi connectivity index (χ3n) is 3.44. The van der Waals surface area contributed by atoms with Crippen molar-refractivity contribution in [3.05, 3.63) is 10.8 Å². The summed E-state index contributed by atoms with van der Waals surface area (Å²) < 4.78 is 0.768. The van der Waals surface area contributed by atoms with Gasteiger partial charge in [-0.2, -0.15) is 0 Å². The monoisotopic (exact) mass is 297 g/mol. The summed E-state index contributed by atoms with van der Waals surface area (Å²) in [5.41, 5.74) is 5.73. The van der Waals surface area contributed by atoms with Crippen molar-refractivity contribution in [1.82, 2.24) is 14.9 Å². The van der Waals surface area contributed by atoms with E-state index < -0.39 is 0 Å². The number of nitrogens with zero attached hydrogens (tertiary/aromatic N) is 3. The van der Waals surface area contributed by atoms with E-state index in [1.54, 1.807) is 0 Å². The summed E-state index contributed by atoms with van der Waals surface area (Å²) in [6.45, 7) is 2.31. The van der Waals surface area contributed by atoms with Crippen LogP contribution in [-0.4, -0.2) is 40.0 Å². The summed E-state index contributed by atoms with van der Waals surface area (Å²) in [4.78, 5) is 10.7. The third-order valence-corrected chi connectivity index (χ3v) is 4.22. The van der Waals surface area contributed by atoms with Gasteiger partial charge in [0.05, 0.1) is 0 Å². The molecule has 1 atom stereocenters. The molecule has 1 saturated heterocycles. The van der Waals surface area contributed by atoms with Gasteiger partial charge in [0.1, 0.15) is 22.4 Å². The summed E-state index contributed by atoms with van der Waals surface area (Å²) in [6.07, 6.45) is 5.41. The maximum Gasteiger partial charge on any atom is 0.146 e. The van der Waals surface area contributed by atoms with E-state index in [-0.39, 0.29) is 0 Å². The summed E-state index contributed by atoms with van der Waals surface area (Å²) in [5.74, 6) is 1.29. The third kappa shape index (κ3) is 2.37. The van der Waals surface area contributed by atoms with Gasteiger partial charge in [-0.15, -0.1) is 0 Å².